The highest BCUT2D eigenvalue weighted by atomic mass is 79.9. The Bertz CT molecular complexity index is 408. The summed E-state index contributed by atoms with van der Waals surface area (Å²) in [6, 6.07) is 5.59. The van der Waals surface area contributed by atoms with E-state index >= 15 is 0 Å². The fourth-order valence-electron chi connectivity index (χ4n) is 2.74. The van der Waals surface area contributed by atoms with E-state index in [0.29, 0.717) is 10.4 Å². The van der Waals surface area contributed by atoms with Crippen LogP contribution >= 0.6 is 15.9 Å². The van der Waals surface area contributed by atoms with Gasteiger partial charge < -0.3 is 5.32 Å². The molecule has 1 aromatic rings. The van der Waals surface area contributed by atoms with Crippen molar-refractivity contribution in [2.24, 2.45) is 5.92 Å². The molecule has 0 amide bonds. The van der Waals surface area contributed by atoms with Crippen molar-refractivity contribution in [2.75, 3.05) is 6.54 Å². The van der Waals surface area contributed by atoms with Crippen LogP contribution in [0.15, 0.2) is 22.7 Å². The molecular formula is C18H29BrFN. The zero-order chi connectivity index (χ0) is 15.7. The zero-order valence-electron chi connectivity index (χ0n) is 13.6. The second-order valence-corrected chi connectivity index (χ2v) is 6.59. The minimum Gasteiger partial charge on any atom is -0.310 e. The Balaban J connectivity index is 2.85. The van der Waals surface area contributed by atoms with Crippen molar-refractivity contribution in [3.05, 3.63) is 34.1 Å². The Morgan fingerprint density at radius 1 is 1.19 bits per heavy atom. The number of unbranched alkanes of at least 4 members (excludes halogenated alkanes) is 1. The van der Waals surface area contributed by atoms with Crippen LogP contribution < -0.4 is 5.32 Å². The van der Waals surface area contributed by atoms with Gasteiger partial charge in [-0.3, -0.25) is 0 Å². The molecule has 0 spiro atoms. The third kappa shape index (κ3) is 6.07. The molecule has 0 radical (unpaired) electrons. The molecule has 120 valence electrons. The van der Waals surface area contributed by atoms with E-state index in [1.165, 1.54) is 31.7 Å². The number of nitrogens with one attached hydrogen (secondary N) is 1. The molecule has 0 saturated heterocycles. The third-order valence-corrected chi connectivity index (χ3v) is 4.95. The van der Waals surface area contributed by atoms with Gasteiger partial charge in [0.05, 0.1) is 4.47 Å². The van der Waals surface area contributed by atoms with E-state index in [2.05, 4.69) is 42.0 Å². The lowest BCUT2D eigenvalue weighted by Gasteiger charge is -2.25. The van der Waals surface area contributed by atoms with Crippen molar-refractivity contribution < 1.29 is 4.39 Å². The quantitative estimate of drug-likeness (QED) is 0.522. The largest absolute Gasteiger partial charge is 0.310 e. The van der Waals surface area contributed by atoms with Crippen LogP contribution in [0.2, 0.25) is 0 Å². The highest BCUT2D eigenvalue weighted by molar-refractivity contribution is 9.10. The Kier molecular flexibility index (Phi) is 9.18. The van der Waals surface area contributed by atoms with Crippen LogP contribution in [0.5, 0.6) is 0 Å². The molecule has 1 nitrogen and oxygen atoms in total. The summed E-state index contributed by atoms with van der Waals surface area (Å²) in [7, 11) is 0. The van der Waals surface area contributed by atoms with Crippen molar-refractivity contribution in [1.82, 2.24) is 5.32 Å². The van der Waals surface area contributed by atoms with E-state index in [4.69, 9.17) is 0 Å². The van der Waals surface area contributed by atoms with E-state index in [1.807, 2.05) is 12.1 Å². The highest BCUT2D eigenvalue weighted by Crippen LogP contribution is 2.32. The molecule has 0 aliphatic rings. The molecular weight excluding hydrogens is 329 g/mol. The summed E-state index contributed by atoms with van der Waals surface area (Å²) in [5.41, 5.74) is 1.05. The fraction of sp³-hybridized carbons (Fsp3) is 0.667. The van der Waals surface area contributed by atoms with Gasteiger partial charge in [-0.15, -0.1) is 0 Å². The molecule has 0 bridgehead atoms. The summed E-state index contributed by atoms with van der Waals surface area (Å²) in [4.78, 5) is 0. The number of benzene rings is 1. The lowest BCUT2D eigenvalue weighted by Crippen LogP contribution is -2.25. The van der Waals surface area contributed by atoms with Gasteiger partial charge in [0.2, 0.25) is 0 Å². The van der Waals surface area contributed by atoms with E-state index in [1.54, 1.807) is 0 Å². The van der Waals surface area contributed by atoms with Crippen LogP contribution in [0.1, 0.15) is 70.9 Å². The van der Waals surface area contributed by atoms with E-state index in [-0.39, 0.29) is 11.9 Å². The minimum absolute atomic E-state index is 0.169. The second kappa shape index (κ2) is 10.3. The molecule has 1 aromatic carbocycles. The average Bonchev–Trinajstić information content (AvgIpc) is 2.50. The number of rotatable bonds is 10. The Morgan fingerprint density at radius 2 is 1.95 bits per heavy atom. The topological polar surface area (TPSA) is 12.0 Å². The smallest absolute Gasteiger partial charge is 0.137 e. The first kappa shape index (κ1) is 18.6. The van der Waals surface area contributed by atoms with Crippen LogP contribution in [0.25, 0.3) is 0 Å². The number of halogens is 2. The van der Waals surface area contributed by atoms with Gasteiger partial charge >= 0.3 is 0 Å². The molecule has 0 saturated carbocycles. The molecule has 1 N–H and O–H groups in total. The normalized spacial score (nSPS) is 14.1. The molecule has 0 aliphatic carbocycles. The lowest BCUT2D eigenvalue weighted by molar-refractivity contribution is 0.352. The maximum Gasteiger partial charge on any atom is 0.137 e. The van der Waals surface area contributed by atoms with E-state index in [0.717, 1.165) is 24.9 Å². The van der Waals surface area contributed by atoms with Crippen LogP contribution in [-0.2, 0) is 0 Å². The van der Waals surface area contributed by atoms with Crippen LogP contribution in [0, 0.1) is 11.7 Å². The first-order chi connectivity index (χ1) is 10.1. The first-order valence-electron chi connectivity index (χ1n) is 8.31. The number of hydrogen-bond donors (Lipinski definition) is 1. The molecule has 1 rings (SSSR count). The van der Waals surface area contributed by atoms with Gasteiger partial charge in [-0.05, 0) is 52.9 Å². The number of hydrogen-bond acceptors (Lipinski definition) is 1. The van der Waals surface area contributed by atoms with Gasteiger partial charge in [0, 0.05) is 6.04 Å². The molecule has 2 atom stereocenters. The lowest BCUT2D eigenvalue weighted by atomic mass is 9.89. The highest BCUT2D eigenvalue weighted by Gasteiger charge is 2.19. The second-order valence-electron chi connectivity index (χ2n) is 5.80. The third-order valence-electron chi connectivity index (χ3n) is 4.11. The van der Waals surface area contributed by atoms with Crippen molar-refractivity contribution in [3.63, 3.8) is 0 Å². The maximum absolute atomic E-state index is 13.8. The summed E-state index contributed by atoms with van der Waals surface area (Å²) < 4.78 is 14.4. The zero-order valence-corrected chi connectivity index (χ0v) is 15.2. The summed E-state index contributed by atoms with van der Waals surface area (Å²) in [5, 5.41) is 3.60. The first-order valence-corrected chi connectivity index (χ1v) is 9.10. The van der Waals surface area contributed by atoms with Gasteiger partial charge in [-0.1, -0.05) is 58.6 Å². The average molecular weight is 358 g/mol. The van der Waals surface area contributed by atoms with Gasteiger partial charge in [-0.2, -0.15) is 0 Å². The predicted octanol–water partition coefficient (Wildman–Crippen LogP) is 6.24. The summed E-state index contributed by atoms with van der Waals surface area (Å²) in [5.74, 6) is 0.534. The Hall–Kier alpha value is -0.410. The molecule has 0 aromatic heterocycles. The monoisotopic (exact) mass is 357 g/mol. The van der Waals surface area contributed by atoms with Crippen LogP contribution in [-0.4, -0.2) is 6.54 Å². The predicted molar refractivity (Wildman–Crippen MR) is 93.1 cm³/mol. The molecule has 0 fully saturated rings. The minimum atomic E-state index is -0.169. The molecule has 0 heterocycles. The van der Waals surface area contributed by atoms with Gasteiger partial charge in [0.1, 0.15) is 5.82 Å². The van der Waals surface area contributed by atoms with E-state index < -0.39 is 0 Å². The molecule has 0 aliphatic heterocycles. The van der Waals surface area contributed by atoms with E-state index in [9.17, 15) is 4.39 Å². The van der Waals surface area contributed by atoms with Crippen molar-refractivity contribution in [2.45, 2.75) is 65.3 Å². The molecule has 2 unspecified atom stereocenters. The van der Waals surface area contributed by atoms with Gasteiger partial charge in [0.15, 0.2) is 0 Å². The molecule has 21 heavy (non-hydrogen) atoms. The standard InChI is InChI=1S/C18H29BrFN/c1-4-7-9-14(6-3)13-17(21-12-5-2)15-10-8-11-16(20)18(15)19/h8,10-11,14,17,21H,4-7,9,12-13H2,1-3H3. The van der Waals surface area contributed by atoms with Crippen LogP contribution in [0.4, 0.5) is 4.39 Å². The van der Waals surface area contributed by atoms with Gasteiger partial charge in [0.25, 0.3) is 0 Å². The Morgan fingerprint density at radius 3 is 2.57 bits per heavy atom. The van der Waals surface area contributed by atoms with Gasteiger partial charge in [-0.25, -0.2) is 4.39 Å². The summed E-state index contributed by atoms with van der Waals surface area (Å²) >= 11 is 3.42. The van der Waals surface area contributed by atoms with Crippen molar-refractivity contribution >= 4 is 15.9 Å². The molecule has 3 heteroatoms. The maximum atomic E-state index is 13.8. The SMILES string of the molecule is CCCCC(CC)CC(NCCC)c1cccc(F)c1Br. The fourth-order valence-corrected chi connectivity index (χ4v) is 3.28. The Labute approximate surface area is 137 Å². The van der Waals surface area contributed by atoms with Crippen molar-refractivity contribution in [1.29, 1.82) is 0 Å². The summed E-state index contributed by atoms with van der Waals surface area (Å²) in [6.45, 7) is 7.64. The summed E-state index contributed by atoms with van der Waals surface area (Å²) in [6.07, 6.45) is 7.16. The van der Waals surface area contributed by atoms with Crippen LogP contribution in [0.3, 0.4) is 0 Å². The van der Waals surface area contributed by atoms with Crippen molar-refractivity contribution in [3.8, 4) is 0 Å².